The maximum Gasteiger partial charge on any atom is 0.254 e. The number of H-pyrrole nitrogens is 1. The van der Waals surface area contributed by atoms with Crippen molar-refractivity contribution < 1.29 is 0 Å². The normalized spacial score (nSPS) is 14.5. The largest absolute Gasteiger partial charge is 0.306 e. The molecular formula is C19H19N3OS. The summed E-state index contributed by atoms with van der Waals surface area (Å²) < 4.78 is 0. The number of aromatic amines is 1. The van der Waals surface area contributed by atoms with Crippen molar-refractivity contribution in [2.24, 2.45) is 0 Å². The van der Waals surface area contributed by atoms with Crippen molar-refractivity contribution in [3.8, 4) is 10.7 Å². The van der Waals surface area contributed by atoms with Crippen molar-refractivity contribution in [1.29, 1.82) is 0 Å². The van der Waals surface area contributed by atoms with E-state index in [2.05, 4.69) is 41.1 Å². The molecule has 1 aliphatic rings. The fourth-order valence-electron chi connectivity index (χ4n) is 3.23. The Morgan fingerprint density at radius 1 is 1.29 bits per heavy atom. The van der Waals surface area contributed by atoms with E-state index in [4.69, 9.17) is 4.98 Å². The van der Waals surface area contributed by atoms with Crippen LogP contribution in [-0.4, -0.2) is 21.4 Å². The zero-order valence-electron chi connectivity index (χ0n) is 13.6. The Kier molecular flexibility index (Phi) is 4.04. The lowest BCUT2D eigenvalue weighted by Gasteiger charge is -2.27. The highest BCUT2D eigenvalue weighted by Gasteiger charge is 2.21. The fraction of sp³-hybridized carbons (Fsp3) is 0.263. The molecule has 5 heteroatoms. The monoisotopic (exact) mass is 337 g/mol. The topological polar surface area (TPSA) is 49.0 Å². The summed E-state index contributed by atoms with van der Waals surface area (Å²) in [6.07, 6.45) is 0.758. The molecule has 4 nitrogen and oxygen atoms in total. The molecule has 24 heavy (non-hydrogen) atoms. The molecule has 0 amide bonds. The minimum Gasteiger partial charge on any atom is -0.306 e. The van der Waals surface area contributed by atoms with Gasteiger partial charge in [-0.3, -0.25) is 9.69 Å². The van der Waals surface area contributed by atoms with Gasteiger partial charge in [0.15, 0.2) is 5.82 Å². The number of aryl methyl sites for hydroxylation is 1. The summed E-state index contributed by atoms with van der Waals surface area (Å²) in [5, 5.41) is 2.00. The van der Waals surface area contributed by atoms with Crippen LogP contribution in [0, 0.1) is 6.92 Å². The number of nitrogens with one attached hydrogen (secondary N) is 1. The average Bonchev–Trinajstić information content (AvgIpc) is 3.09. The second kappa shape index (κ2) is 6.34. The number of fused-ring (bicyclic) bond motifs is 1. The zero-order valence-corrected chi connectivity index (χ0v) is 14.4. The van der Waals surface area contributed by atoms with Gasteiger partial charge in [0, 0.05) is 25.2 Å². The predicted octanol–water partition coefficient (Wildman–Crippen LogP) is 3.37. The van der Waals surface area contributed by atoms with Crippen LogP contribution in [-0.2, 0) is 19.5 Å². The second-order valence-electron chi connectivity index (χ2n) is 6.27. The lowest BCUT2D eigenvalue weighted by atomic mass is 10.0. The third kappa shape index (κ3) is 3.05. The standard InChI is InChI=1S/C19H19N3OS/c1-13-4-2-5-14(10-13)11-22-8-7-15-16(12-22)20-18(21-19(15)23)17-6-3-9-24-17/h2-6,9-10H,7-8,11-12H2,1H3,(H,20,21,23). The number of benzene rings is 1. The molecule has 0 fully saturated rings. The van der Waals surface area contributed by atoms with E-state index in [-0.39, 0.29) is 5.56 Å². The average molecular weight is 337 g/mol. The number of thiophene rings is 1. The van der Waals surface area contributed by atoms with E-state index in [1.165, 1.54) is 11.1 Å². The van der Waals surface area contributed by atoms with Gasteiger partial charge in [-0.25, -0.2) is 4.98 Å². The molecule has 1 aromatic carbocycles. The first-order chi connectivity index (χ1) is 11.7. The summed E-state index contributed by atoms with van der Waals surface area (Å²) in [4.78, 5) is 23.4. The number of aromatic nitrogens is 2. The SMILES string of the molecule is Cc1cccc(CN2CCc3c(nc(-c4cccs4)[nH]c3=O)C2)c1. The van der Waals surface area contributed by atoms with E-state index in [0.717, 1.165) is 42.2 Å². The number of nitrogens with zero attached hydrogens (tertiary/aromatic N) is 2. The Labute approximate surface area is 144 Å². The van der Waals surface area contributed by atoms with E-state index >= 15 is 0 Å². The third-order valence-corrected chi connectivity index (χ3v) is 5.27. The van der Waals surface area contributed by atoms with Crippen LogP contribution in [0.25, 0.3) is 10.7 Å². The summed E-state index contributed by atoms with van der Waals surface area (Å²) in [6, 6.07) is 12.6. The predicted molar refractivity (Wildman–Crippen MR) is 97.2 cm³/mol. The summed E-state index contributed by atoms with van der Waals surface area (Å²) in [5.74, 6) is 0.686. The summed E-state index contributed by atoms with van der Waals surface area (Å²) in [7, 11) is 0. The van der Waals surface area contributed by atoms with Gasteiger partial charge in [0.2, 0.25) is 0 Å². The Hall–Kier alpha value is -2.24. The van der Waals surface area contributed by atoms with Crippen LogP contribution in [0.4, 0.5) is 0 Å². The van der Waals surface area contributed by atoms with E-state index in [1.54, 1.807) is 11.3 Å². The molecule has 4 rings (SSSR count). The van der Waals surface area contributed by atoms with Gasteiger partial charge >= 0.3 is 0 Å². The lowest BCUT2D eigenvalue weighted by Crippen LogP contribution is -2.35. The van der Waals surface area contributed by atoms with Gasteiger partial charge in [0.25, 0.3) is 5.56 Å². The van der Waals surface area contributed by atoms with Crippen molar-refractivity contribution in [3.05, 3.63) is 74.5 Å². The van der Waals surface area contributed by atoms with Crippen LogP contribution in [0.2, 0.25) is 0 Å². The minimum atomic E-state index is 0.0126. The van der Waals surface area contributed by atoms with Crippen LogP contribution in [0.3, 0.4) is 0 Å². The number of hydrogen-bond acceptors (Lipinski definition) is 4. The maximum atomic E-state index is 12.4. The van der Waals surface area contributed by atoms with Crippen LogP contribution >= 0.6 is 11.3 Å². The quantitative estimate of drug-likeness (QED) is 0.797. The maximum absolute atomic E-state index is 12.4. The van der Waals surface area contributed by atoms with Crippen molar-refractivity contribution in [1.82, 2.24) is 14.9 Å². The highest BCUT2D eigenvalue weighted by atomic mass is 32.1. The van der Waals surface area contributed by atoms with E-state index in [1.807, 2.05) is 17.5 Å². The fourth-order valence-corrected chi connectivity index (χ4v) is 3.90. The Bertz CT molecular complexity index is 915. The van der Waals surface area contributed by atoms with E-state index in [0.29, 0.717) is 5.82 Å². The van der Waals surface area contributed by atoms with Crippen LogP contribution in [0.15, 0.2) is 46.6 Å². The molecule has 3 heterocycles. The van der Waals surface area contributed by atoms with E-state index < -0.39 is 0 Å². The zero-order chi connectivity index (χ0) is 16.5. The Morgan fingerprint density at radius 2 is 2.21 bits per heavy atom. The van der Waals surface area contributed by atoms with Crippen LogP contribution < -0.4 is 5.56 Å². The molecule has 122 valence electrons. The Balaban J connectivity index is 1.61. The van der Waals surface area contributed by atoms with Crippen LogP contribution in [0.5, 0.6) is 0 Å². The molecule has 1 N–H and O–H groups in total. The van der Waals surface area contributed by atoms with Gasteiger partial charge in [-0.2, -0.15) is 0 Å². The van der Waals surface area contributed by atoms with Crippen molar-refractivity contribution in [3.63, 3.8) is 0 Å². The molecule has 3 aromatic rings. The van der Waals surface area contributed by atoms with Gasteiger partial charge < -0.3 is 4.98 Å². The first-order valence-electron chi connectivity index (χ1n) is 8.13. The third-order valence-electron chi connectivity index (χ3n) is 4.40. The molecule has 0 aliphatic carbocycles. The van der Waals surface area contributed by atoms with Gasteiger partial charge in [-0.05, 0) is 30.4 Å². The van der Waals surface area contributed by atoms with Crippen molar-refractivity contribution in [2.45, 2.75) is 26.4 Å². The molecule has 0 bridgehead atoms. The van der Waals surface area contributed by atoms with Gasteiger partial charge in [-0.1, -0.05) is 35.9 Å². The minimum absolute atomic E-state index is 0.0126. The Morgan fingerprint density at radius 3 is 3.00 bits per heavy atom. The smallest absolute Gasteiger partial charge is 0.254 e. The summed E-state index contributed by atoms with van der Waals surface area (Å²) >= 11 is 1.59. The van der Waals surface area contributed by atoms with Gasteiger partial charge in [0.1, 0.15) is 0 Å². The van der Waals surface area contributed by atoms with Crippen molar-refractivity contribution >= 4 is 11.3 Å². The summed E-state index contributed by atoms with van der Waals surface area (Å²) in [5.41, 5.74) is 4.36. The molecular weight excluding hydrogens is 318 g/mol. The molecule has 0 radical (unpaired) electrons. The van der Waals surface area contributed by atoms with Crippen molar-refractivity contribution in [2.75, 3.05) is 6.54 Å². The van der Waals surface area contributed by atoms with Gasteiger partial charge in [-0.15, -0.1) is 11.3 Å². The molecule has 2 aromatic heterocycles. The lowest BCUT2D eigenvalue weighted by molar-refractivity contribution is 0.240. The highest BCUT2D eigenvalue weighted by molar-refractivity contribution is 7.13. The number of hydrogen-bond donors (Lipinski definition) is 1. The first-order valence-corrected chi connectivity index (χ1v) is 9.01. The molecule has 0 saturated heterocycles. The van der Waals surface area contributed by atoms with E-state index in [9.17, 15) is 4.79 Å². The molecule has 0 atom stereocenters. The second-order valence-corrected chi connectivity index (χ2v) is 7.21. The van der Waals surface area contributed by atoms with Crippen LogP contribution in [0.1, 0.15) is 22.4 Å². The van der Waals surface area contributed by atoms with Gasteiger partial charge in [0.05, 0.1) is 10.6 Å². The molecule has 0 saturated carbocycles. The first kappa shape index (κ1) is 15.3. The molecule has 0 unspecified atom stereocenters. The highest BCUT2D eigenvalue weighted by Crippen LogP contribution is 2.23. The number of rotatable bonds is 3. The summed E-state index contributed by atoms with van der Waals surface area (Å²) in [6.45, 7) is 4.63. The molecule has 0 spiro atoms. The molecule has 1 aliphatic heterocycles.